The first-order valence-electron chi connectivity index (χ1n) is 13.9. The fourth-order valence-corrected chi connectivity index (χ4v) is 6.34. The number of nitrogens with zero attached hydrogens (tertiary/aromatic N) is 5. The van der Waals surface area contributed by atoms with E-state index in [0.29, 0.717) is 29.7 Å². The van der Waals surface area contributed by atoms with Crippen LogP contribution in [0.1, 0.15) is 24.8 Å². The van der Waals surface area contributed by atoms with E-state index in [1.54, 1.807) is 37.4 Å². The van der Waals surface area contributed by atoms with Crippen LogP contribution in [-0.4, -0.2) is 58.8 Å². The molecule has 0 amide bonds. The summed E-state index contributed by atoms with van der Waals surface area (Å²) < 4.78 is 56.7. The van der Waals surface area contributed by atoms with Crippen molar-refractivity contribution >= 4 is 33.2 Å². The fourth-order valence-electron chi connectivity index (χ4n) is 5.16. The van der Waals surface area contributed by atoms with Crippen LogP contribution in [0.15, 0.2) is 78.1 Å². The van der Waals surface area contributed by atoms with Gasteiger partial charge in [0.25, 0.3) is 0 Å². The van der Waals surface area contributed by atoms with E-state index in [2.05, 4.69) is 48.5 Å². The van der Waals surface area contributed by atoms with Crippen molar-refractivity contribution in [1.29, 1.82) is 0 Å². The van der Waals surface area contributed by atoms with E-state index in [-0.39, 0.29) is 10.8 Å². The molecule has 0 unspecified atom stereocenters. The standard InChI is InChI=1S/C30H35F2N7O2S/c1-37-16-12-23(19-37)21-39-15-3-4-22(20-39)13-17-38(2)42(40,41)26-8-5-24(6-9-26)35-30-33-14-11-29(36-30)34-25-7-10-27(31)28(32)18-25/h5-12,14,16,18-19,22H,3-4,13,15,17,20-21H2,1-2H3,(H2,33,34,35,36)/t22-/m0/s1. The molecule has 9 nitrogen and oxygen atoms in total. The Morgan fingerprint density at radius 1 is 1.02 bits per heavy atom. The van der Waals surface area contributed by atoms with E-state index in [9.17, 15) is 17.2 Å². The second-order valence-corrected chi connectivity index (χ2v) is 12.8. The molecule has 222 valence electrons. The van der Waals surface area contributed by atoms with Crippen molar-refractivity contribution in [3.8, 4) is 0 Å². The Hall–Kier alpha value is -3.87. The van der Waals surface area contributed by atoms with Crippen molar-refractivity contribution in [2.45, 2.75) is 30.7 Å². The number of sulfonamides is 1. The number of piperidine rings is 1. The van der Waals surface area contributed by atoms with Crippen LogP contribution in [-0.2, 0) is 23.6 Å². The minimum absolute atomic E-state index is 0.208. The summed E-state index contributed by atoms with van der Waals surface area (Å²) in [5, 5.41) is 5.94. The molecule has 3 heterocycles. The Balaban J connectivity index is 1.14. The van der Waals surface area contributed by atoms with Crippen LogP contribution in [0.4, 0.5) is 31.9 Å². The van der Waals surface area contributed by atoms with Gasteiger partial charge in [0, 0.05) is 69.8 Å². The molecular weight excluding hydrogens is 560 g/mol. The minimum Gasteiger partial charge on any atom is -0.357 e. The van der Waals surface area contributed by atoms with Crippen LogP contribution < -0.4 is 10.6 Å². The molecule has 1 aliphatic heterocycles. The molecule has 0 bridgehead atoms. The normalized spacial score (nSPS) is 16.1. The number of halogens is 2. The van der Waals surface area contributed by atoms with Gasteiger partial charge in [-0.1, -0.05) is 0 Å². The lowest BCUT2D eigenvalue weighted by molar-refractivity contribution is 0.158. The maximum atomic E-state index is 13.5. The minimum atomic E-state index is -3.65. The molecule has 0 radical (unpaired) electrons. The van der Waals surface area contributed by atoms with Crippen molar-refractivity contribution in [2.75, 3.05) is 37.3 Å². The fraction of sp³-hybridized carbons (Fsp3) is 0.333. The summed E-state index contributed by atoms with van der Waals surface area (Å²) in [5.74, 6) is -0.812. The molecule has 1 fully saturated rings. The molecule has 1 aliphatic rings. The molecule has 42 heavy (non-hydrogen) atoms. The number of anilines is 4. The summed E-state index contributed by atoms with van der Waals surface area (Å²) in [7, 11) is 0.00953. The van der Waals surface area contributed by atoms with Crippen LogP contribution in [0, 0.1) is 17.6 Å². The van der Waals surface area contributed by atoms with Gasteiger partial charge in [0.1, 0.15) is 5.82 Å². The van der Waals surface area contributed by atoms with Gasteiger partial charge >= 0.3 is 0 Å². The first-order chi connectivity index (χ1) is 20.2. The maximum absolute atomic E-state index is 13.5. The maximum Gasteiger partial charge on any atom is 0.242 e. The highest BCUT2D eigenvalue weighted by Gasteiger charge is 2.24. The number of nitrogens with one attached hydrogen (secondary N) is 2. The van der Waals surface area contributed by atoms with Gasteiger partial charge in [-0.05, 0) is 85.8 Å². The summed E-state index contributed by atoms with van der Waals surface area (Å²) in [6, 6.07) is 13.6. The zero-order valence-electron chi connectivity index (χ0n) is 23.7. The molecule has 0 aliphatic carbocycles. The quantitative estimate of drug-likeness (QED) is 0.236. The van der Waals surface area contributed by atoms with Crippen molar-refractivity contribution in [3.63, 3.8) is 0 Å². The number of hydrogen-bond donors (Lipinski definition) is 2. The first-order valence-corrected chi connectivity index (χ1v) is 15.3. The summed E-state index contributed by atoms with van der Waals surface area (Å²) in [4.78, 5) is 11.2. The predicted molar refractivity (Wildman–Crippen MR) is 159 cm³/mol. The first kappa shape index (κ1) is 29.6. The lowest BCUT2D eigenvalue weighted by Crippen LogP contribution is -2.37. The summed E-state index contributed by atoms with van der Waals surface area (Å²) >= 11 is 0. The SMILES string of the molecule is CN(CC[C@@H]1CCCN(Cc2ccn(C)c2)C1)S(=O)(=O)c1ccc(Nc2nccc(Nc3ccc(F)c(F)c3)n2)cc1. The Morgan fingerprint density at radius 2 is 1.81 bits per heavy atom. The molecule has 0 spiro atoms. The van der Waals surface area contributed by atoms with Gasteiger partial charge in [0.05, 0.1) is 4.90 Å². The van der Waals surface area contributed by atoms with E-state index >= 15 is 0 Å². The van der Waals surface area contributed by atoms with E-state index in [0.717, 1.165) is 51.0 Å². The Bertz CT molecular complexity index is 1610. The lowest BCUT2D eigenvalue weighted by Gasteiger charge is -2.33. The van der Waals surface area contributed by atoms with Crippen LogP contribution in [0.2, 0.25) is 0 Å². The number of benzene rings is 2. The van der Waals surface area contributed by atoms with E-state index in [1.807, 2.05) is 7.05 Å². The largest absolute Gasteiger partial charge is 0.357 e. The number of rotatable bonds is 11. The van der Waals surface area contributed by atoms with E-state index in [1.165, 1.54) is 22.1 Å². The van der Waals surface area contributed by atoms with Crippen LogP contribution in [0.3, 0.4) is 0 Å². The zero-order valence-corrected chi connectivity index (χ0v) is 24.5. The van der Waals surface area contributed by atoms with Crippen LogP contribution in [0.25, 0.3) is 0 Å². The predicted octanol–water partition coefficient (Wildman–Crippen LogP) is 5.50. The Labute approximate surface area is 245 Å². The van der Waals surface area contributed by atoms with Crippen molar-refractivity contribution in [2.24, 2.45) is 13.0 Å². The highest BCUT2D eigenvalue weighted by molar-refractivity contribution is 7.89. The van der Waals surface area contributed by atoms with Gasteiger partial charge in [0.2, 0.25) is 16.0 Å². The average molecular weight is 596 g/mol. The van der Waals surface area contributed by atoms with Crippen molar-refractivity contribution < 1.29 is 17.2 Å². The number of hydrogen-bond acceptors (Lipinski definition) is 7. The topological polar surface area (TPSA) is 95.4 Å². The summed E-state index contributed by atoms with van der Waals surface area (Å²) in [6.45, 7) is 3.42. The lowest BCUT2D eigenvalue weighted by atomic mass is 9.94. The summed E-state index contributed by atoms with van der Waals surface area (Å²) in [6.07, 6.45) is 8.76. The zero-order chi connectivity index (χ0) is 29.7. The molecular formula is C30H35F2N7O2S. The molecule has 0 saturated carbocycles. The molecule has 12 heteroatoms. The highest BCUT2D eigenvalue weighted by atomic mass is 32.2. The smallest absolute Gasteiger partial charge is 0.242 e. The van der Waals surface area contributed by atoms with E-state index < -0.39 is 21.7 Å². The van der Waals surface area contributed by atoms with Gasteiger partial charge in [-0.2, -0.15) is 4.98 Å². The summed E-state index contributed by atoms with van der Waals surface area (Å²) in [5.41, 5.74) is 2.24. The number of likely N-dealkylation sites (tertiary alicyclic amines) is 1. The molecule has 2 N–H and O–H groups in total. The van der Waals surface area contributed by atoms with Gasteiger partial charge in [-0.25, -0.2) is 26.5 Å². The van der Waals surface area contributed by atoms with Crippen LogP contribution >= 0.6 is 0 Å². The monoisotopic (exact) mass is 595 g/mol. The highest BCUT2D eigenvalue weighted by Crippen LogP contribution is 2.25. The molecule has 1 saturated heterocycles. The third kappa shape index (κ3) is 7.50. The molecule has 5 rings (SSSR count). The second-order valence-electron chi connectivity index (χ2n) is 10.7. The third-order valence-corrected chi connectivity index (χ3v) is 9.29. The second kappa shape index (κ2) is 13.0. The Kier molecular flexibility index (Phi) is 9.15. The molecule has 2 aromatic carbocycles. The molecule has 2 aromatic heterocycles. The Morgan fingerprint density at radius 3 is 2.55 bits per heavy atom. The third-order valence-electron chi connectivity index (χ3n) is 7.42. The van der Waals surface area contributed by atoms with Crippen molar-refractivity contribution in [3.05, 3.63) is 90.4 Å². The molecule has 4 aromatic rings. The number of aryl methyl sites for hydroxylation is 1. The van der Waals surface area contributed by atoms with E-state index in [4.69, 9.17) is 0 Å². The molecule has 1 atom stereocenters. The van der Waals surface area contributed by atoms with Crippen molar-refractivity contribution in [1.82, 2.24) is 23.7 Å². The van der Waals surface area contributed by atoms with Gasteiger partial charge < -0.3 is 15.2 Å². The van der Waals surface area contributed by atoms with Crippen LogP contribution in [0.5, 0.6) is 0 Å². The number of aromatic nitrogens is 3. The van der Waals surface area contributed by atoms with Gasteiger partial charge in [-0.15, -0.1) is 0 Å². The average Bonchev–Trinajstić information content (AvgIpc) is 3.38. The van der Waals surface area contributed by atoms with Gasteiger partial charge in [-0.3, -0.25) is 4.90 Å². The van der Waals surface area contributed by atoms with Gasteiger partial charge in [0.15, 0.2) is 11.6 Å².